The Bertz CT molecular complexity index is 1090. The number of anilines is 1. The first-order valence-corrected chi connectivity index (χ1v) is 9.54. The molecule has 1 unspecified atom stereocenters. The van der Waals surface area contributed by atoms with Crippen LogP contribution in [-0.2, 0) is 11.2 Å². The average Bonchev–Trinajstić information content (AvgIpc) is 2.71. The molecule has 0 aliphatic carbocycles. The number of ether oxygens (including phenoxy) is 1. The SMILES string of the molecule is COc1cccc(Cc2cc(C)nn(C(C)C(=O)Nc3ccccc3Cl)c2=O)c1. The summed E-state index contributed by atoms with van der Waals surface area (Å²) in [6.45, 7) is 3.43. The maximum Gasteiger partial charge on any atom is 0.271 e. The summed E-state index contributed by atoms with van der Waals surface area (Å²) in [6.07, 6.45) is 0.415. The first-order valence-electron chi connectivity index (χ1n) is 9.16. The molecular weight excluding hydrogens is 390 g/mol. The number of carbonyl (C=O) groups is 1. The number of amides is 1. The Kier molecular flexibility index (Phi) is 6.34. The summed E-state index contributed by atoms with van der Waals surface area (Å²) in [6, 6.07) is 15.4. The molecular formula is C22H22ClN3O3. The maximum absolute atomic E-state index is 13.0. The van der Waals surface area contributed by atoms with Gasteiger partial charge in [0.15, 0.2) is 0 Å². The zero-order chi connectivity index (χ0) is 21.0. The molecule has 0 aliphatic rings. The smallest absolute Gasteiger partial charge is 0.271 e. The number of halogens is 1. The molecule has 1 N–H and O–H groups in total. The summed E-state index contributed by atoms with van der Waals surface area (Å²) in [7, 11) is 1.60. The quantitative estimate of drug-likeness (QED) is 0.665. The molecule has 3 rings (SSSR count). The van der Waals surface area contributed by atoms with Crippen molar-refractivity contribution in [2.75, 3.05) is 12.4 Å². The van der Waals surface area contributed by atoms with E-state index in [2.05, 4.69) is 10.4 Å². The van der Waals surface area contributed by atoms with Gasteiger partial charge in [-0.25, -0.2) is 4.68 Å². The van der Waals surface area contributed by atoms with Gasteiger partial charge in [-0.3, -0.25) is 9.59 Å². The summed E-state index contributed by atoms with van der Waals surface area (Å²) in [5.74, 6) is 0.353. The molecule has 0 spiro atoms. The minimum absolute atomic E-state index is 0.305. The molecule has 0 fully saturated rings. The van der Waals surface area contributed by atoms with Crippen LogP contribution in [0.4, 0.5) is 5.69 Å². The standard InChI is InChI=1S/C22H22ClN3O3/c1-14-11-17(12-16-7-6-8-18(13-16)29-3)22(28)26(25-14)15(2)21(27)24-20-10-5-4-9-19(20)23/h4-11,13,15H,12H2,1-3H3,(H,24,27). The molecule has 2 aromatic carbocycles. The topological polar surface area (TPSA) is 73.2 Å². The molecule has 3 aromatic rings. The van der Waals surface area contributed by atoms with Gasteiger partial charge in [0.2, 0.25) is 5.91 Å². The molecule has 7 heteroatoms. The molecule has 0 radical (unpaired) electrons. The second-order valence-corrected chi connectivity index (χ2v) is 7.14. The number of para-hydroxylation sites is 1. The minimum atomic E-state index is -0.803. The third-order valence-corrected chi connectivity index (χ3v) is 4.87. The lowest BCUT2D eigenvalue weighted by Gasteiger charge is -2.16. The number of aromatic nitrogens is 2. The maximum atomic E-state index is 13.0. The van der Waals surface area contributed by atoms with Crippen molar-refractivity contribution in [3.8, 4) is 5.75 Å². The highest BCUT2D eigenvalue weighted by molar-refractivity contribution is 6.33. The van der Waals surface area contributed by atoms with Crippen molar-refractivity contribution in [1.29, 1.82) is 0 Å². The van der Waals surface area contributed by atoms with Crippen LogP contribution in [0.3, 0.4) is 0 Å². The van der Waals surface area contributed by atoms with Gasteiger partial charge in [0.25, 0.3) is 5.56 Å². The number of hydrogen-bond donors (Lipinski definition) is 1. The van der Waals surface area contributed by atoms with Crippen LogP contribution in [0.1, 0.15) is 29.8 Å². The summed E-state index contributed by atoms with van der Waals surface area (Å²) < 4.78 is 6.47. The largest absolute Gasteiger partial charge is 0.497 e. The fourth-order valence-corrected chi connectivity index (χ4v) is 3.19. The van der Waals surface area contributed by atoms with E-state index >= 15 is 0 Å². The number of carbonyl (C=O) groups excluding carboxylic acids is 1. The van der Waals surface area contributed by atoms with E-state index in [4.69, 9.17) is 16.3 Å². The lowest BCUT2D eigenvalue weighted by Crippen LogP contribution is -2.35. The normalized spacial score (nSPS) is 11.7. The molecule has 0 saturated heterocycles. The van der Waals surface area contributed by atoms with Gasteiger partial charge in [-0.05, 0) is 49.7 Å². The number of hydrogen-bond acceptors (Lipinski definition) is 4. The van der Waals surface area contributed by atoms with E-state index in [0.717, 1.165) is 11.3 Å². The van der Waals surface area contributed by atoms with Crippen LogP contribution >= 0.6 is 11.6 Å². The highest BCUT2D eigenvalue weighted by Crippen LogP contribution is 2.21. The first kappa shape index (κ1) is 20.6. The van der Waals surface area contributed by atoms with Gasteiger partial charge in [-0.1, -0.05) is 35.9 Å². The third-order valence-electron chi connectivity index (χ3n) is 4.54. The molecule has 1 atom stereocenters. The highest BCUT2D eigenvalue weighted by atomic mass is 35.5. The second kappa shape index (κ2) is 8.92. The van der Waals surface area contributed by atoms with E-state index in [1.165, 1.54) is 4.68 Å². The molecule has 6 nitrogen and oxygen atoms in total. The van der Waals surface area contributed by atoms with Crippen LogP contribution < -0.4 is 15.6 Å². The van der Waals surface area contributed by atoms with Gasteiger partial charge in [-0.2, -0.15) is 5.10 Å². The number of aryl methyl sites for hydroxylation is 1. The fraction of sp³-hybridized carbons (Fsp3) is 0.227. The van der Waals surface area contributed by atoms with Crippen molar-refractivity contribution in [1.82, 2.24) is 9.78 Å². The van der Waals surface area contributed by atoms with E-state index in [0.29, 0.717) is 28.4 Å². The molecule has 150 valence electrons. The Morgan fingerprint density at radius 1 is 1.21 bits per heavy atom. The van der Waals surface area contributed by atoms with E-state index < -0.39 is 6.04 Å². The molecule has 0 aliphatic heterocycles. The molecule has 1 heterocycles. The summed E-state index contributed by atoms with van der Waals surface area (Å²) in [5.41, 5.74) is 2.33. The van der Waals surface area contributed by atoms with E-state index in [1.807, 2.05) is 24.3 Å². The summed E-state index contributed by atoms with van der Waals surface area (Å²) in [5, 5.41) is 7.46. The second-order valence-electron chi connectivity index (χ2n) is 6.73. The Hall–Kier alpha value is -3.12. The number of nitrogens with zero attached hydrogens (tertiary/aromatic N) is 2. The molecule has 1 amide bonds. The zero-order valence-corrected chi connectivity index (χ0v) is 17.2. The van der Waals surface area contributed by atoms with Gasteiger partial charge in [0.1, 0.15) is 11.8 Å². The minimum Gasteiger partial charge on any atom is -0.497 e. The van der Waals surface area contributed by atoms with Crippen molar-refractivity contribution in [3.05, 3.63) is 86.8 Å². The lowest BCUT2D eigenvalue weighted by molar-refractivity contribution is -0.119. The Morgan fingerprint density at radius 2 is 1.97 bits per heavy atom. The van der Waals surface area contributed by atoms with Crippen LogP contribution in [0.25, 0.3) is 0 Å². The van der Waals surface area contributed by atoms with Crippen LogP contribution in [0.15, 0.2) is 59.4 Å². The van der Waals surface area contributed by atoms with Crippen molar-refractivity contribution < 1.29 is 9.53 Å². The van der Waals surface area contributed by atoms with Crippen LogP contribution in [0.5, 0.6) is 5.75 Å². The van der Waals surface area contributed by atoms with Crippen molar-refractivity contribution in [3.63, 3.8) is 0 Å². The van der Waals surface area contributed by atoms with Gasteiger partial charge in [-0.15, -0.1) is 0 Å². The molecule has 1 aromatic heterocycles. The van der Waals surface area contributed by atoms with Crippen LogP contribution in [0.2, 0.25) is 5.02 Å². The Labute approximate surface area is 174 Å². The van der Waals surface area contributed by atoms with Crippen molar-refractivity contribution >= 4 is 23.2 Å². The third kappa shape index (κ3) is 4.84. The first-order chi connectivity index (χ1) is 13.9. The van der Waals surface area contributed by atoms with E-state index in [1.54, 1.807) is 51.3 Å². The predicted molar refractivity (Wildman–Crippen MR) is 114 cm³/mol. The molecule has 0 saturated carbocycles. The number of benzene rings is 2. The monoisotopic (exact) mass is 411 g/mol. The van der Waals surface area contributed by atoms with E-state index in [-0.39, 0.29) is 11.5 Å². The van der Waals surface area contributed by atoms with Gasteiger partial charge in [0, 0.05) is 12.0 Å². The zero-order valence-electron chi connectivity index (χ0n) is 16.5. The van der Waals surface area contributed by atoms with Crippen molar-refractivity contribution in [2.45, 2.75) is 26.3 Å². The Balaban J connectivity index is 1.88. The number of methoxy groups -OCH3 is 1. The van der Waals surface area contributed by atoms with Gasteiger partial charge < -0.3 is 10.1 Å². The highest BCUT2D eigenvalue weighted by Gasteiger charge is 2.20. The van der Waals surface area contributed by atoms with Crippen LogP contribution in [0, 0.1) is 6.92 Å². The fourth-order valence-electron chi connectivity index (χ4n) is 3.01. The number of rotatable bonds is 6. The lowest BCUT2D eigenvalue weighted by atomic mass is 10.1. The Morgan fingerprint density at radius 3 is 2.69 bits per heavy atom. The van der Waals surface area contributed by atoms with Crippen LogP contribution in [-0.4, -0.2) is 22.8 Å². The van der Waals surface area contributed by atoms with E-state index in [9.17, 15) is 9.59 Å². The average molecular weight is 412 g/mol. The molecule has 0 bridgehead atoms. The van der Waals surface area contributed by atoms with Gasteiger partial charge in [0.05, 0.1) is 23.5 Å². The van der Waals surface area contributed by atoms with Gasteiger partial charge >= 0.3 is 0 Å². The predicted octanol–water partition coefficient (Wildman–Crippen LogP) is 4.00. The number of nitrogens with one attached hydrogen (secondary N) is 1. The summed E-state index contributed by atoms with van der Waals surface area (Å²) in [4.78, 5) is 25.7. The molecule has 29 heavy (non-hydrogen) atoms. The summed E-state index contributed by atoms with van der Waals surface area (Å²) >= 11 is 6.11. The van der Waals surface area contributed by atoms with Crippen molar-refractivity contribution in [2.24, 2.45) is 0 Å².